The maximum absolute atomic E-state index is 12.4. The summed E-state index contributed by atoms with van der Waals surface area (Å²) in [5.41, 5.74) is 2.33. The molecule has 1 aromatic rings. The fourth-order valence-corrected chi connectivity index (χ4v) is 2.74. The molecule has 3 amide bonds. The third kappa shape index (κ3) is 4.79. The Morgan fingerprint density at radius 1 is 1.24 bits per heavy atom. The van der Waals surface area contributed by atoms with Crippen molar-refractivity contribution in [2.24, 2.45) is 5.92 Å². The number of carbonyl (C=O) groups is 3. The first-order chi connectivity index (χ1) is 11.9. The first-order valence-electron chi connectivity index (χ1n) is 8.58. The van der Waals surface area contributed by atoms with Crippen molar-refractivity contribution >= 4 is 29.1 Å². The monoisotopic (exact) mass is 347 g/mol. The fraction of sp³-hybridized carbons (Fsp3) is 0.500. The van der Waals surface area contributed by atoms with Crippen molar-refractivity contribution in [1.82, 2.24) is 5.32 Å². The van der Waals surface area contributed by atoms with Gasteiger partial charge in [-0.1, -0.05) is 19.9 Å². The van der Waals surface area contributed by atoms with Crippen LogP contribution in [0.4, 0.5) is 11.4 Å². The van der Waals surface area contributed by atoms with E-state index in [0.29, 0.717) is 18.7 Å². The lowest BCUT2D eigenvalue weighted by Gasteiger charge is -2.31. The lowest BCUT2D eigenvalue weighted by Crippen LogP contribution is -2.38. The van der Waals surface area contributed by atoms with Crippen LogP contribution < -0.4 is 15.5 Å². The average Bonchev–Trinajstić information content (AvgIpc) is 2.60. The molecule has 0 atom stereocenters. The molecule has 25 heavy (non-hydrogen) atoms. The van der Waals surface area contributed by atoms with Crippen LogP contribution in [-0.2, 0) is 20.8 Å². The summed E-state index contributed by atoms with van der Waals surface area (Å²) in [6.45, 7) is 4.57. The largest absolute Gasteiger partial charge is 0.396 e. The Bertz CT molecular complexity index is 658. The van der Waals surface area contributed by atoms with Crippen molar-refractivity contribution in [3.05, 3.63) is 23.8 Å². The van der Waals surface area contributed by atoms with Gasteiger partial charge in [0.25, 0.3) is 0 Å². The molecule has 0 aliphatic carbocycles. The molecule has 2 rings (SSSR count). The van der Waals surface area contributed by atoms with Crippen molar-refractivity contribution in [3.8, 4) is 0 Å². The Morgan fingerprint density at radius 2 is 2.00 bits per heavy atom. The van der Waals surface area contributed by atoms with Gasteiger partial charge >= 0.3 is 11.8 Å². The maximum Gasteiger partial charge on any atom is 0.313 e. The number of carbonyl (C=O) groups excluding carboxylic acids is 3. The molecule has 0 bridgehead atoms. The summed E-state index contributed by atoms with van der Waals surface area (Å²) >= 11 is 0. The summed E-state index contributed by atoms with van der Waals surface area (Å²) < 4.78 is 0. The highest BCUT2D eigenvalue weighted by atomic mass is 16.3. The van der Waals surface area contributed by atoms with E-state index in [2.05, 4.69) is 10.6 Å². The number of nitrogens with one attached hydrogen (secondary N) is 2. The molecular formula is C18H25N3O4. The van der Waals surface area contributed by atoms with Gasteiger partial charge in [-0.2, -0.15) is 0 Å². The highest BCUT2D eigenvalue weighted by molar-refractivity contribution is 6.39. The molecular weight excluding hydrogens is 322 g/mol. The number of aliphatic hydroxyl groups excluding tert-OH is 1. The maximum atomic E-state index is 12.4. The molecule has 136 valence electrons. The molecule has 0 saturated carbocycles. The number of anilines is 2. The summed E-state index contributed by atoms with van der Waals surface area (Å²) in [5.74, 6) is -1.58. The van der Waals surface area contributed by atoms with Gasteiger partial charge in [0.05, 0.1) is 0 Å². The average molecular weight is 347 g/mol. The second-order valence-corrected chi connectivity index (χ2v) is 6.38. The van der Waals surface area contributed by atoms with Crippen LogP contribution in [0.5, 0.6) is 0 Å². The van der Waals surface area contributed by atoms with E-state index in [4.69, 9.17) is 5.11 Å². The molecule has 1 aromatic carbocycles. The Labute approximate surface area is 147 Å². The predicted octanol–water partition coefficient (Wildman–Crippen LogP) is 1.06. The fourth-order valence-electron chi connectivity index (χ4n) is 2.74. The highest BCUT2D eigenvalue weighted by Crippen LogP contribution is 2.31. The number of aryl methyl sites for hydroxylation is 1. The molecule has 0 fully saturated rings. The molecule has 1 aliphatic heterocycles. The standard InChI is InChI=1S/C18H25N3O4/c1-12(2)18(25)21-9-3-5-13-6-7-14(11-15(13)21)20-17(24)16(23)19-8-4-10-22/h6-7,11-12,22H,3-5,8-10H2,1-2H3,(H,19,23)(H,20,24). The predicted molar refractivity (Wildman–Crippen MR) is 95.3 cm³/mol. The smallest absolute Gasteiger partial charge is 0.313 e. The zero-order valence-corrected chi connectivity index (χ0v) is 14.7. The summed E-state index contributed by atoms with van der Waals surface area (Å²) in [6.07, 6.45) is 2.18. The topological polar surface area (TPSA) is 98.7 Å². The number of rotatable bonds is 5. The third-order valence-corrected chi connectivity index (χ3v) is 4.05. The Morgan fingerprint density at radius 3 is 2.68 bits per heavy atom. The van der Waals surface area contributed by atoms with Gasteiger partial charge in [-0.3, -0.25) is 14.4 Å². The van der Waals surface area contributed by atoms with Gasteiger partial charge in [0.2, 0.25) is 5.91 Å². The van der Waals surface area contributed by atoms with Crippen LogP contribution in [0.3, 0.4) is 0 Å². The SMILES string of the molecule is CC(C)C(=O)N1CCCc2ccc(NC(=O)C(=O)NCCCO)cc21. The molecule has 0 saturated heterocycles. The molecule has 1 aliphatic rings. The van der Waals surface area contributed by atoms with Gasteiger partial charge in [0.15, 0.2) is 0 Å². The van der Waals surface area contributed by atoms with Crippen molar-refractivity contribution in [2.75, 3.05) is 29.9 Å². The third-order valence-electron chi connectivity index (χ3n) is 4.05. The molecule has 1 heterocycles. The normalized spacial score (nSPS) is 13.4. The quantitative estimate of drug-likeness (QED) is 0.548. The first kappa shape index (κ1) is 18.9. The van der Waals surface area contributed by atoms with E-state index in [0.717, 1.165) is 24.1 Å². The zero-order valence-electron chi connectivity index (χ0n) is 14.7. The van der Waals surface area contributed by atoms with E-state index in [9.17, 15) is 14.4 Å². The Kier molecular flexibility index (Phi) is 6.52. The molecule has 0 unspecified atom stereocenters. The Balaban J connectivity index is 2.11. The van der Waals surface area contributed by atoms with Crippen LogP contribution in [0.25, 0.3) is 0 Å². The summed E-state index contributed by atoms with van der Waals surface area (Å²) in [6, 6.07) is 5.36. The van der Waals surface area contributed by atoms with Crippen molar-refractivity contribution < 1.29 is 19.5 Å². The number of benzene rings is 1. The van der Waals surface area contributed by atoms with Crippen molar-refractivity contribution in [2.45, 2.75) is 33.1 Å². The molecule has 0 radical (unpaired) electrons. The lowest BCUT2D eigenvalue weighted by atomic mass is 9.99. The number of fused-ring (bicyclic) bond motifs is 1. The van der Waals surface area contributed by atoms with E-state index in [1.54, 1.807) is 17.0 Å². The second kappa shape index (κ2) is 8.62. The minimum Gasteiger partial charge on any atom is -0.396 e. The van der Waals surface area contributed by atoms with Crippen LogP contribution in [0.2, 0.25) is 0 Å². The minimum atomic E-state index is -0.768. The molecule has 7 heteroatoms. The number of nitrogens with zero attached hydrogens (tertiary/aromatic N) is 1. The number of hydrogen-bond acceptors (Lipinski definition) is 4. The van der Waals surface area contributed by atoms with Crippen molar-refractivity contribution in [1.29, 1.82) is 0 Å². The molecule has 7 nitrogen and oxygen atoms in total. The lowest BCUT2D eigenvalue weighted by molar-refractivity contribution is -0.136. The van der Waals surface area contributed by atoms with Gasteiger partial charge in [0.1, 0.15) is 0 Å². The Hall–Kier alpha value is -2.41. The van der Waals surface area contributed by atoms with E-state index in [1.165, 1.54) is 0 Å². The number of aliphatic hydroxyl groups is 1. The zero-order chi connectivity index (χ0) is 18.4. The van der Waals surface area contributed by atoms with Crippen LogP contribution >= 0.6 is 0 Å². The van der Waals surface area contributed by atoms with Gasteiger partial charge in [0, 0.05) is 37.0 Å². The summed E-state index contributed by atoms with van der Waals surface area (Å²) in [7, 11) is 0. The van der Waals surface area contributed by atoms with E-state index in [-0.39, 0.29) is 25.0 Å². The summed E-state index contributed by atoms with van der Waals surface area (Å²) in [4.78, 5) is 37.8. The number of amides is 3. The first-order valence-corrected chi connectivity index (χ1v) is 8.58. The van der Waals surface area contributed by atoms with E-state index >= 15 is 0 Å². The van der Waals surface area contributed by atoms with Gasteiger partial charge in [-0.25, -0.2) is 0 Å². The minimum absolute atomic E-state index is 0.0474. The van der Waals surface area contributed by atoms with Crippen LogP contribution in [0.1, 0.15) is 32.3 Å². The molecule has 3 N–H and O–H groups in total. The van der Waals surface area contributed by atoms with Gasteiger partial charge < -0.3 is 20.6 Å². The van der Waals surface area contributed by atoms with E-state index in [1.807, 2.05) is 19.9 Å². The van der Waals surface area contributed by atoms with Crippen LogP contribution in [0.15, 0.2) is 18.2 Å². The highest BCUT2D eigenvalue weighted by Gasteiger charge is 2.25. The van der Waals surface area contributed by atoms with Gasteiger partial charge in [-0.15, -0.1) is 0 Å². The van der Waals surface area contributed by atoms with Crippen molar-refractivity contribution in [3.63, 3.8) is 0 Å². The van der Waals surface area contributed by atoms with E-state index < -0.39 is 11.8 Å². The van der Waals surface area contributed by atoms with Gasteiger partial charge in [-0.05, 0) is 37.0 Å². The number of hydrogen-bond donors (Lipinski definition) is 3. The molecule has 0 aromatic heterocycles. The summed E-state index contributed by atoms with van der Waals surface area (Å²) in [5, 5.41) is 13.7. The molecule has 0 spiro atoms. The second-order valence-electron chi connectivity index (χ2n) is 6.38. The van der Waals surface area contributed by atoms with Crippen LogP contribution in [-0.4, -0.2) is 42.5 Å². The van der Waals surface area contributed by atoms with Crippen LogP contribution in [0, 0.1) is 5.92 Å².